The molecule has 1 aliphatic heterocycles. The van der Waals surface area contributed by atoms with Crippen molar-refractivity contribution < 1.29 is 18.0 Å². The maximum Gasteiger partial charge on any atom is 0.416 e. The van der Waals surface area contributed by atoms with Crippen LogP contribution in [0.25, 0.3) is 0 Å². The molecule has 0 aliphatic carbocycles. The van der Waals surface area contributed by atoms with E-state index in [9.17, 15) is 18.0 Å². The predicted molar refractivity (Wildman–Crippen MR) is 68.2 cm³/mol. The molecule has 1 N–H and O–H groups in total. The number of nitrogens with zero attached hydrogens (tertiary/aromatic N) is 2. The summed E-state index contributed by atoms with van der Waals surface area (Å²) in [6.07, 6.45) is -3.24. The largest absolute Gasteiger partial charge is 0.416 e. The Morgan fingerprint density at radius 2 is 2.10 bits per heavy atom. The molecule has 110 valence electrons. The fraction of sp³-hybridized carbons (Fsp3) is 0.538. The average Bonchev–Trinajstić information content (AvgIpc) is 2.25. The number of anilines is 1. The Morgan fingerprint density at radius 3 is 2.65 bits per heavy atom. The smallest absolute Gasteiger partial charge is 0.355 e. The van der Waals surface area contributed by atoms with Crippen LogP contribution in [0.2, 0.25) is 0 Å². The normalized spacial score (nSPS) is 16.2. The summed E-state index contributed by atoms with van der Waals surface area (Å²) in [6, 6.07) is 2.01. The summed E-state index contributed by atoms with van der Waals surface area (Å²) < 4.78 is 37.8. The zero-order valence-electron chi connectivity index (χ0n) is 11.2. The van der Waals surface area contributed by atoms with Gasteiger partial charge in [0.15, 0.2) is 0 Å². The topological polar surface area (TPSA) is 45.2 Å². The van der Waals surface area contributed by atoms with E-state index in [-0.39, 0.29) is 23.7 Å². The standard InChI is InChI=1S/C13H16F3N3O/c1-8(2)18-12(20)9-6-19(7-9)11-5-10(3-4-17-11)13(14,15)16/h3-5,8-9H,6-7H2,1-2H3,(H,18,20). The molecule has 0 atom stereocenters. The number of carbonyl (C=O) groups excluding carboxylic acids is 1. The molecule has 2 heterocycles. The summed E-state index contributed by atoms with van der Waals surface area (Å²) >= 11 is 0. The lowest BCUT2D eigenvalue weighted by Gasteiger charge is -2.39. The van der Waals surface area contributed by atoms with Crippen molar-refractivity contribution in [2.75, 3.05) is 18.0 Å². The fourth-order valence-corrected chi connectivity index (χ4v) is 2.00. The number of halogens is 3. The minimum Gasteiger partial charge on any atom is -0.355 e. The molecule has 0 spiro atoms. The van der Waals surface area contributed by atoms with Gasteiger partial charge in [0, 0.05) is 25.3 Å². The first-order valence-corrected chi connectivity index (χ1v) is 6.36. The van der Waals surface area contributed by atoms with E-state index in [1.807, 2.05) is 13.8 Å². The lowest BCUT2D eigenvalue weighted by Crippen LogP contribution is -2.55. The molecule has 7 heteroatoms. The number of pyridine rings is 1. The van der Waals surface area contributed by atoms with Crippen molar-refractivity contribution in [3.8, 4) is 0 Å². The number of hydrogen-bond acceptors (Lipinski definition) is 3. The van der Waals surface area contributed by atoms with Crippen molar-refractivity contribution in [1.29, 1.82) is 0 Å². The highest BCUT2D eigenvalue weighted by atomic mass is 19.4. The Morgan fingerprint density at radius 1 is 1.45 bits per heavy atom. The minimum absolute atomic E-state index is 0.0585. The van der Waals surface area contributed by atoms with Gasteiger partial charge in [0.05, 0.1) is 11.5 Å². The van der Waals surface area contributed by atoms with Crippen LogP contribution in [-0.2, 0) is 11.0 Å². The molecule has 0 bridgehead atoms. The van der Waals surface area contributed by atoms with E-state index in [0.717, 1.165) is 18.3 Å². The van der Waals surface area contributed by atoms with Gasteiger partial charge >= 0.3 is 6.18 Å². The molecule has 1 aromatic heterocycles. The summed E-state index contributed by atoms with van der Waals surface area (Å²) in [5.74, 6) is 0.00499. The maximum atomic E-state index is 12.6. The first-order valence-electron chi connectivity index (χ1n) is 6.36. The number of alkyl halides is 3. The van der Waals surface area contributed by atoms with Crippen molar-refractivity contribution >= 4 is 11.7 Å². The van der Waals surface area contributed by atoms with Crippen LogP contribution >= 0.6 is 0 Å². The van der Waals surface area contributed by atoms with Gasteiger partial charge in [-0.05, 0) is 26.0 Å². The van der Waals surface area contributed by atoms with E-state index >= 15 is 0 Å². The highest BCUT2D eigenvalue weighted by Gasteiger charge is 2.36. The van der Waals surface area contributed by atoms with Crippen LogP contribution in [0.4, 0.5) is 19.0 Å². The minimum atomic E-state index is -4.38. The maximum absolute atomic E-state index is 12.6. The molecular formula is C13H16F3N3O. The summed E-state index contributed by atoms with van der Waals surface area (Å²) in [6.45, 7) is 4.52. The Hall–Kier alpha value is -1.79. The summed E-state index contributed by atoms with van der Waals surface area (Å²) in [5.41, 5.74) is -0.724. The van der Waals surface area contributed by atoms with Gasteiger partial charge in [-0.15, -0.1) is 0 Å². The summed E-state index contributed by atoms with van der Waals surface area (Å²) in [5, 5.41) is 2.79. The van der Waals surface area contributed by atoms with E-state index in [4.69, 9.17) is 0 Å². The second-order valence-electron chi connectivity index (χ2n) is 5.17. The van der Waals surface area contributed by atoms with Crippen LogP contribution in [0, 0.1) is 5.92 Å². The van der Waals surface area contributed by atoms with Crippen LogP contribution in [0.15, 0.2) is 18.3 Å². The SMILES string of the molecule is CC(C)NC(=O)C1CN(c2cc(C(F)(F)F)ccn2)C1. The molecule has 0 unspecified atom stereocenters. The van der Waals surface area contributed by atoms with E-state index < -0.39 is 11.7 Å². The molecule has 0 saturated carbocycles. The first kappa shape index (κ1) is 14.6. The number of nitrogens with one attached hydrogen (secondary N) is 1. The Labute approximate surface area is 115 Å². The summed E-state index contributed by atoms with van der Waals surface area (Å²) in [4.78, 5) is 17.3. The zero-order chi connectivity index (χ0) is 14.9. The number of rotatable bonds is 3. The van der Waals surface area contributed by atoms with Crippen molar-refractivity contribution in [1.82, 2.24) is 10.3 Å². The second kappa shape index (κ2) is 5.30. The summed E-state index contributed by atoms with van der Waals surface area (Å²) in [7, 11) is 0. The van der Waals surface area contributed by atoms with Gasteiger partial charge in [-0.2, -0.15) is 13.2 Å². The van der Waals surface area contributed by atoms with Gasteiger partial charge in [-0.25, -0.2) is 4.98 Å². The molecule has 1 amide bonds. The third-order valence-corrected chi connectivity index (χ3v) is 3.08. The molecule has 1 aromatic rings. The Balaban J connectivity index is 1.98. The molecule has 20 heavy (non-hydrogen) atoms. The lowest BCUT2D eigenvalue weighted by molar-refractivity contribution is -0.137. The first-order chi connectivity index (χ1) is 9.27. The number of carbonyl (C=O) groups is 1. The van der Waals surface area contributed by atoms with Crippen LogP contribution < -0.4 is 10.2 Å². The molecular weight excluding hydrogens is 271 g/mol. The van der Waals surface area contributed by atoms with Crippen molar-refractivity contribution in [3.05, 3.63) is 23.9 Å². The van der Waals surface area contributed by atoms with E-state index in [1.54, 1.807) is 4.90 Å². The van der Waals surface area contributed by atoms with Crippen LogP contribution in [0.1, 0.15) is 19.4 Å². The number of hydrogen-bond donors (Lipinski definition) is 1. The third-order valence-electron chi connectivity index (χ3n) is 3.08. The van der Waals surface area contributed by atoms with E-state index in [2.05, 4.69) is 10.3 Å². The molecule has 1 fully saturated rings. The van der Waals surface area contributed by atoms with Crippen LogP contribution in [0.5, 0.6) is 0 Å². The quantitative estimate of drug-likeness (QED) is 0.925. The molecule has 0 aromatic carbocycles. The van der Waals surface area contributed by atoms with Crippen LogP contribution in [-0.4, -0.2) is 30.0 Å². The fourth-order valence-electron chi connectivity index (χ4n) is 2.00. The zero-order valence-corrected chi connectivity index (χ0v) is 11.2. The van der Waals surface area contributed by atoms with E-state index in [0.29, 0.717) is 13.1 Å². The lowest BCUT2D eigenvalue weighted by atomic mass is 9.98. The average molecular weight is 287 g/mol. The van der Waals surface area contributed by atoms with Crippen molar-refractivity contribution in [2.24, 2.45) is 5.92 Å². The van der Waals surface area contributed by atoms with Crippen molar-refractivity contribution in [2.45, 2.75) is 26.1 Å². The van der Waals surface area contributed by atoms with Gasteiger partial charge < -0.3 is 10.2 Å². The third kappa shape index (κ3) is 3.20. The molecule has 4 nitrogen and oxygen atoms in total. The number of aromatic nitrogens is 1. The Bertz CT molecular complexity index is 496. The van der Waals surface area contributed by atoms with Gasteiger partial charge in [-0.1, -0.05) is 0 Å². The van der Waals surface area contributed by atoms with Gasteiger partial charge in [-0.3, -0.25) is 4.79 Å². The highest BCUT2D eigenvalue weighted by Crippen LogP contribution is 2.32. The second-order valence-corrected chi connectivity index (χ2v) is 5.17. The van der Waals surface area contributed by atoms with E-state index in [1.165, 1.54) is 0 Å². The molecule has 0 radical (unpaired) electrons. The van der Waals surface area contributed by atoms with Crippen LogP contribution in [0.3, 0.4) is 0 Å². The van der Waals surface area contributed by atoms with Gasteiger partial charge in [0.2, 0.25) is 5.91 Å². The Kier molecular flexibility index (Phi) is 3.87. The van der Waals surface area contributed by atoms with Crippen molar-refractivity contribution in [3.63, 3.8) is 0 Å². The molecule has 1 aliphatic rings. The highest BCUT2D eigenvalue weighted by molar-refractivity contribution is 5.82. The monoisotopic (exact) mass is 287 g/mol. The number of amides is 1. The molecule has 2 rings (SSSR count). The van der Waals surface area contributed by atoms with Gasteiger partial charge in [0.1, 0.15) is 5.82 Å². The predicted octanol–water partition coefficient (Wildman–Crippen LogP) is 2.06. The molecule has 1 saturated heterocycles. The van der Waals surface area contributed by atoms with Gasteiger partial charge in [0.25, 0.3) is 0 Å².